The topological polar surface area (TPSA) is 15.6 Å². The van der Waals surface area contributed by atoms with E-state index in [1.165, 1.54) is 0 Å². The van der Waals surface area contributed by atoms with E-state index in [9.17, 15) is 0 Å². The lowest BCUT2D eigenvalue weighted by Gasteiger charge is -2.30. The molecule has 2 nitrogen and oxygen atoms in total. The lowest BCUT2D eigenvalue weighted by Crippen LogP contribution is -2.36. The van der Waals surface area contributed by atoms with Gasteiger partial charge in [0.25, 0.3) is 0 Å². The van der Waals surface area contributed by atoms with E-state index in [4.69, 9.17) is 0 Å². The lowest BCUT2D eigenvalue weighted by atomic mass is 10.1. The van der Waals surface area contributed by atoms with Crippen molar-refractivity contribution in [3.8, 4) is 0 Å². The van der Waals surface area contributed by atoms with E-state index in [1.54, 1.807) is 0 Å². The molecule has 0 aliphatic carbocycles. The third-order valence-electron chi connectivity index (χ3n) is 1.70. The maximum Gasteiger partial charge on any atom is 0.0495 e. The Kier molecular flexibility index (Phi) is 1.71. The van der Waals surface area contributed by atoms with Crippen LogP contribution in [0.25, 0.3) is 0 Å². The van der Waals surface area contributed by atoms with Crippen molar-refractivity contribution in [3.05, 3.63) is 0 Å². The molecule has 0 bridgehead atoms. The molecule has 0 aromatic carbocycles. The van der Waals surface area contributed by atoms with Gasteiger partial charge in [-0.05, 0) is 20.8 Å². The third kappa shape index (κ3) is 1.49. The van der Waals surface area contributed by atoms with Crippen LogP contribution < -0.4 is 0 Å². The van der Waals surface area contributed by atoms with Crippen LogP contribution >= 0.6 is 0 Å². The number of hydrogen-bond acceptors (Lipinski definition) is 2. The highest BCUT2D eigenvalue weighted by Gasteiger charge is 2.24. The predicted molar refractivity (Wildman–Crippen MR) is 44.1 cm³/mol. The van der Waals surface area contributed by atoms with E-state index in [0.717, 1.165) is 6.54 Å². The maximum atomic E-state index is 4.30. The molecule has 1 rings (SSSR count). The largest absolute Gasteiger partial charge is 0.291 e. The summed E-state index contributed by atoms with van der Waals surface area (Å²) in [6.45, 7) is 9.81. The Hall–Kier alpha value is -0.530. The number of rotatable bonds is 0. The van der Waals surface area contributed by atoms with Gasteiger partial charge in [-0.2, -0.15) is 5.10 Å². The van der Waals surface area contributed by atoms with Crippen molar-refractivity contribution in [2.24, 2.45) is 11.0 Å². The molecule has 1 atom stereocenters. The average molecular weight is 140 g/mol. The van der Waals surface area contributed by atoms with Crippen LogP contribution in [0.15, 0.2) is 5.10 Å². The summed E-state index contributed by atoms with van der Waals surface area (Å²) in [7, 11) is 0. The molecule has 1 unspecified atom stereocenters. The Balaban J connectivity index is 2.55. The van der Waals surface area contributed by atoms with Crippen LogP contribution in [0, 0.1) is 5.92 Å². The van der Waals surface area contributed by atoms with Crippen molar-refractivity contribution in [2.75, 3.05) is 6.54 Å². The fraction of sp³-hybridized carbons (Fsp3) is 0.875. The summed E-state index contributed by atoms with van der Waals surface area (Å²) < 4.78 is 0. The SMILES string of the molecule is CC1C=NN(C(C)(C)C)C1. The molecule has 0 radical (unpaired) electrons. The summed E-state index contributed by atoms with van der Waals surface area (Å²) in [5, 5.41) is 6.43. The van der Waals surface area contributed by atoms with E-state index < -0.39 is 0 Å². The van der Waals surface area contributed by atoms with Crippen molar-refractivity contribution < 1.29 is 0 Å². The monoisotopic (exact) mass is 140 g/mol. The molecule has 0 spiro atoms. The first kappa shape index (κ1) is 7.58. The van der Waals surface area contributed by atoms with Crippen LogP contribution in [0.4, 0.5) is 0 Å². The Labute approximate surface area is 62.9 Å². The van der Waals surface area contributed by atoms with Gasteiger partial charge in [-0.3, -0.25) is 5.01 Å². The molecule has 0 fully saturated rings. The third-order valence-corrected chi connectivity index (χ3v) is 1.70. The minimum Gasteiger partial charge on any atom is -0.291 e. The molecule has 0 aromatic heterocycles. The molecular weight excluding hydrogens is 124 g/mol. The van der Waals surface area contributed by atoms with Crippen LogP contribution in [0.1, 0.15) is 27.7 Å². The summed E-state index contributed by atoms with van der Waals surface area (Å²) in [5.74, 6) is 0.624. The average Bonchev–Trinajstić information content (AvgIpc) is 2.11. The van der Waals surface area contributed by atoms with Crippen LogP contribution in [-0.2, 0) is 0 Å². The van der Waals surface area contributed by atoms with E-state index in [0.29, 0.717) is 5.92 Å². The van der Waals surface area contributed by atoms with Gasteiger partial charge in [0.15, 0.2) is 0 Å². The molecule has 1 aliphatic rings. The van der Waals surface area contributed by atoms with Gasteiger partial charge in [0.1, 0.15) is 0 Å². The van der Waals surface area contributed by atoms with Crippen molar-refractivity contribution in [1.29, 1.82) is 0 Å². The van der Waals surface area contributed by atoms with Gasteiger partial charge < -0.3 is 0 Å². The van der Waals surface area contributed by atoms with Gasteiger partial charge >= 0.3 is 0 Å². The number of hydrogen-bond donors (Lipinski definition) is 0. The van der Waals surface area contributed by atoms with Crippen LogP contribution in [-0.4, -0.2) is 23.3 Å². The second kappa shape index (κ2) is 2.26. The predicted octanol–water partition coefficient (Wildman–Crippen LogP) is 1.72. The molecular formula is C8H16N2. The van der Waals surface area contributed by atoms with Crippen molar-refractivity contribution >= 4 is 6.21 Å². The molecule has 58 valence electrons. The molecule has 1 heterocycles. The molecule has 0 saturated carbocycles. The van der Waals surface area contributed by atoms with E-state index in [2.05, 4.69) is 37.8 Å². The molecule has 0 saturated heterocycles. The summed E-state index contributed by atoms with van der Waals surface area (Å²) in [5.41, 5.74) is 0.196. The zero-order chi connectivity index (χ0) is 7.78. The minimum absolute atomic E-state index is 0.196. The minimum atomic E-state index is 0.196. The molecule has 0 N–H and O–H groups in total. The van der Waals surface area contributed by atoms with Gasteiger partial charge in [0.2, 0.25) is 0 Å². The Bertz CT molecular complexity index is 144. The van der Waals surface area contributed by atoms with Crippen LogP contribution in [0.5, 0.6) is 0 Å². The Morgan fingerprint density at radius 3 is 2.30 bits per heavy atom. The van der Waals surface area contributed by atoms with Gasteiger partial charge in [-0.25, -0.2) is 0 Å². The summed E-state index contributed by atoms with van der Waals surface area (Å²) in [4.78, 5) is 0. The van der Waals surface area contributed by atoms with Gasteiger partial charge in [-0.1, -0.05) is 6.92 Å². The second-order valence-corrected chi connectivity index (χ2v) is 3.99. The van der Waals surface area contributed by atoms with Crippen molar-refractivity contribution in [1.82, 2.24) is 5.01 Å². The maximum absolute atomic E-state index is 4.30. The fourth-order valence-electron chi connectivity index (χ4n) is 1.01. The van der Waals surface area contributed by atoms with Crippen LogP contribution in [0.3, 0.4) is 0 Å². The van der Waals surface area contributed by atoms with Gasteiger partial charge in [0, 0.05) is 24.2 Å². The summed E-state index contributed by atoms with van der Waals surface area (Å²) in [6, 6.07) is 0. The fourth-order valence-corrected chi connectivity index (χ4v) is 1.01. The lowest BCUT2D eigenvalue weighted by molar-refractivity contribution is 0.151. The van der Waals surface area contributed by atoms with E-state index >= 15 is 0 Å². The van der Waals surface area contributed by atoms with E-state index in [-0.39, 0.29) is 5.54 Å². The Morgan fingerprint density at radius 2 is 2.10 bits per heavy atom. The zero-order valence-electron chi connectivity index (χ0n) is 7.26. The summed E-state index contributed by atoms with van der Waals surface area (Å²) in [6.07, 6.45) is 2.02. The smallest absolute Gasteiger partial charge is 0.0495 e. The first-order chi connectivity index (χ1) is 4.50. The molecule has 0 aromatic rings. The highest BCUT2D eigenvalue weighted by atomic mass is 15.5. The zero-order valence-corrected chi connectivity index (χ0v) is 7.26. The van der Waals surface area contributed by atoms with Crippen molar-refractivity contribution in [2.45, 2.75) is 33.2 Å². The van der Waals surface area contributed by atoms with Crippen molar-refractivity contribution in [3.63, 3.8) is 0 Å². The first-order valence-electron chi connectivity index (χ1n) is 3.82. The normalized spacial score (nSPS) is 26.0. The van der Waals surface area contributed by atoms with Crippen LogP contribution in [0.2, 0.25) is 0 Å². The number of nitrogens with zero attached hydrogens (tertiary/aromatic N) is 2. The second-order valence-electron chi connectivity index (χ2n) is 3.99. The highest BCUT2D eigenvalue weighted by Crippen LogP contribution is 2.18. The highest BCUT2D eigenvalue weighted by molar-refractivity contribution is 5.62. The molecule has 1 aliphatic heterocycles. The molecule has 2 heteroatoms. The van der Waals surface area contributed by atoms with E-state index in [1.807, 2.05) is 6.21 Å². The standard InChI is InChI=1S/C8H16N2/c1-7-5-9-10(6-7)8(2,3)4/h5,7H,6H2,1-4H3. The Morgan fingerprint density at radius 1 is 1.50 bits per heavy atom. The quantitative estimate of drug-likeness (QED) is 0.500. The molecule has 0 amide bonds. The number of hydrazone groups is 1. The first-order valence-corrected chi connectivity index (χ1v) is 3.82. The van der Waals surface area contributed by atoms with Gasteiger partial charge in [-0.15, -0.1) is 0 Å². The van der Waals surface area contributed by atoms with Gasteiger partial charge in [0.05, 0.1) is 0 Å². The molecule has 10 heavy (non-hydrogen) atoms. The summed E-state index contributed by atoms with van der Waals surface area (Å²) >= 11 is 0.